The maximum Gasteiger partial charge on any atom is 0.326 e. The number of nitrogens with one attached hydrogen (secondary N) is 1. The minimum atomic E-state index is -1.10. The van der Waals surface area contributed by atoms with Crippen molar-refractivity contribution >= 4 is 23.7 Å². The van der Waals surface area contributed by atoms with E-state index in [0.29, 0.717) is 6.42 Å². The lowest BCUT2D eigenvalue weighted by Crippen LogP contribution is -2.43. The lowest BCUT2D eigenvalue weighted by molar-refractivity contribution is -0.143. The third kappa shape index (κ3) is 4.49. The Bertz CT molecular complexity index is 438. The van der Waals surface area contributed by atoms with E-state index in [9.17, 15) is 19.2 Å². The van der Waals surface area contributed by atoms with Crippen LogP contribution in [0.4, 0.5) is 0 Å². The largest absolute Gasteiger partial charge is 0.480 e. The predicted octanol–water partition coefficient (Wildman–Crippen LogP) is -0.0830. The minimum absolute atomic E-state index is 0.0511. The number of amides is 3. The zero-order valence-corrected chi connectivity index (χ0v) is 11.5. The molecule has 0 spiro atoms. The molecular formula is C13H18N2O5. The van der Waals surface area contributed by atoms with Gasteiger partial charge in [-0.15, -0.1) is 0 Å². The van der Waals surface area contributed by atoms with Gasteiger partial charge in [-0.1, -0.05) is 13.8 Å². The summed E-state index contributed by atoms with van der Waals surface area (Å²) in [7, 11) is 0. The lowest BCUT2D eigenvalue weighted by Gasteiger charge is -2.18. The molecule has 1 atom stereocenters. The zero-order chi connectivity index (χ0) is 15.3. The van der Waals surface area contributed by atoms with Crippen molar-refractivity contribution < 1.29 is 24.3 Å². The molecule has 3 amide bonds. The minimum Gasteiger partial charge on any atom is -0.480 e. The number of aliphatic carboxylic acids is 1. The van der Waals surface area contributed by atoms with Gasteiger partial charge in [-0.25, -0.2) is 4.79 Å². The maximum absolute atomic E-state index is 11.7. The van der Waals surface area contributed by atoms with E-state index < -0.39 is 29.7 Å². The van der Waals surface area contributed by atoms with Crippen molar-refractivity contribution in [2.75, 3.05) is 6.54 Å². The standard InChI is InChI=1S/C13H18N2O5/c1-8(2)7-9(13(19)20)14-10(16)5-6-15-11(17)3-4-12(15)18/h3-4,8-9H,5-7H2,1-2H3,(H,14,16)(H,19,20)/t9-/m0/s1. The summed E-state index contributed by atoms with van der Waals surface area (Å²) in [4.78, 5) is 46.1. The number of carbonyl (C=O) groups excluding carboxylic acids is 3. The van der Waals surface area contributed by atoms with E-state index in [1.807, 2.05) is 13.8 Å². The summed E-state index contributed by atoms with van der Waals surface area (Å²) >= 11 is 0. The normalized spacial score (nSPS) is 15.8. The molecule has 0 saturated heterocycles. The van der Waals surface area contributed by atoms with Crippen molar-refractivity contribution in [2.45, 2.75) is 32.7 Å². The second kappa shape index (κ2) is 6.83. The molecule has 0 fully saturated rings. The van der Waals surface area contributed by atoms with Crippen LogP contribution in [-0.4, -0.2) is 46.3 Å². The van der Waals surface area contributed by atoms with Crippen molar-refractivity contribution in [3.8, 4) is 0 Å². The van der Waals surface area contributed by atoms with Gasteiger partial charge in [0.05, 0.1) is 0 Å². The summed E-state index contributed by atoms with van der Waals surface area (Å²) < 4.78 is 0. The van der Waals surface area contributed by atoms with Gasteiger partial charge in [-0.3, -0.25) is 19.3 Å². The number of carboxylic acids is 1. The highest BCUT2D eigenvalue weighted by molar-refractivity contribution is 6.13. The molecule has 20 heavy (non-hydrogen) atoms. The Labute approximate surface area is 116 Å². The van der Waals surface area contributed by atoms with Crippen LogP contribution in [0, 0.1) is 5.92 Å². The summed E-state index contributed by atoms with van der Waals surface area (Å²) in [5.74, 6) is -2.38. The fourth-order valence-electron chi connectivity index (χ4n) is 1.82. The first kappa shape index (κ1) is 15.9. The second-order valence-electron chi connectivity index (χ2n) is 5.00. The van der Waals surface area contributed by atoms with Gasteiger partial charge in [0, 0.05) is 25.1 Å². The Kier molecular flexibility index (Phi) is 5.42. The lowest BCUT2D eigenvalue weighted by atomic mass is 10.0. The highest BCUT2D eigenvalue weighted by atomic mass is 16.4. The third-order valence-corrected chi connectivity index (χ3v) is 2.80. The molecule has 1 aliphatic heterocycles. The molecule has 1 rings (SSSR count). The van der Waals surface area contributed by atoms with Crippen LogP contribution in [0.5, 0.6) is 0 Å². The van der Waals surface area contributed by atoms with Crippen molar-refractivity contribution in [3.63, 3.8) is 0 Å². The predicted molar refractivity (Wildman–Crippen MR) is 69.5 cm³/mol. The highest BCUT2D eigenvalue weighted by Gasteiger charge is 2.25. The van der Waals surface area contributed by atoms with E-state index in [-0.39, 0.29) is 18.9 Å². The molecule has 0 saturated carbocycles. The number of imide groups is 1. The first-order chi connectivity index (χ1) is 9.31. The van der Waals surface area contributed by atoms with Gasteiger partial charge in [0.1, 0.15) is 6.04 Å². The smallest absolute Gasteiger partial charge is 0.326 e. The molecular weight excluding hydrogens is 264 g/mol. The average molecular weight is 282 g/mol. The fourth-order valence-corrected chi connectivity index (χ4v) is 1.82. The van der Waals surface area contributed by atoms with Crippen LogP contribution >= 0.6 is 0 Å². The number of nitrogens with zero attached hydrogens (tertiary/aromatic N) is 1. The van der Waals surface area contributed by atoms with Gasteiger partial charge in [0.25, 0.3) is 11.8 Å². The molecule has 0 aliphatic carbocycles. The summed E-state index contributed by atoms with van der Waals surface area (Å²) in [5, 5.41) is 11.4. The van der Waals surface area contributed by atoms with E-state index in [1.54, 1.807) is 0 Å². The van der Waals surface area contributed by atoms with Crippen LogP contribution in [0.2, 0.25) is 0 Å². The maximum atomic E-state index is 11.7. The molecule has 0 aromatic heterocycles. The first-order valence-corrected chi connectivity index (χ1v) is 6.37. The Morgan fingerprint density at radius 1 is 1.25 bits per heavy atom. The summed E-state index contributed by atoms with van der Waals surface area (Å²) in [6.07, 6.45) is 2.49. The molecule has 0 radical (unpaired) electrons. The summed E-state index contributed by atoms with van der Waals surface area (Å²) in [6, 6.07) is -0.953. The van der Waals surface area contributed by atoms with Crippen molar-refractivity contribution in [2.24, 2.45) is 5.92 Å². The molecule has 0 aromatic carbocycles. The van der Waals surface area contributed by atoms with Crippen LogP contribution in [-0.2, 0) is 19.2 Å². The molecule has 7 nitrogen and oxygen atoms in total. The van der Waals surface area contributed by atoms with Crippen molar-refractivity contribution in [1.29, 1.82) is 0 Å². The van der Waals surface area contributed by atoms with Crippen LogP contribution in [0.15, 0.2) is 12.2 Å². The molecule has 0 aromatic rings. The van der Waals surface area contributed by atoms with Gasteiger partial charge < -0.3 is 10.4 Å². The summed E-state index contributed by atoms with van der Waals surface area (Å²) in [6.45, 7) is 3.66. The van der Waals surface area contributed by atoms with E-state index in [2.05, 4.69) is 5.32 Å². The number of hydrogen-bond donors (Lipinski definition) is 2. The molecule has 7 heteroatoms. The Hall–Kier alpha value is -2.18. The van der Waals surface area contributed by atoms with Crippen LogP contribution in [0.3, 0.4) is 0 Å². The summed E-state index contributed by atoms with van der Waals surface area (Å²) in [5.41, 5.74) is 0. The Balaban J connectivity index is 2.44. The van der Waals surface area contributed by atoms with E-state index >= 15 is 0 Å². The molecule has 0 unspecified atom stereocenters. The van der Waals surface area contributed by atoms with E-state index in [0.717, 1.165) is 17.1 Å². The van der Waals surface area contributed by atoms with E-state index in [1.165, 1.54) is 0 Å². The second-order valence-corrected chi connectivity index (χ2v) is 5.00. The van der Waals surface area contributed by atoms with Crippen LogP contribution < -0.4 is 5.32 Å². The van der Waals surface area contributed by atoms with E-state index in [4.69, 9.17) is 5.11 Å². The van der Waals surface area contributed by atoms with Crippen molar-refractivity contribution in [1.82, 2.24) is 10.2 Å². The fraction of sp³-hybridized carbons (Fsp3) is 0.538. The van der Waals surface area contributed by atoms with Crippen LogP contribution in [0.25, 0.3) is 0 Å². The number of carboxylic acid groups (broad SMARTS) is 1. The van der Waals surface area contributed by atoms with Gasteiger partial charge in [0.15, 0.2) is 0 Å². The molecule has 110 valence electrons. The molecule has 0 bridgehead atoms. The average Bonchev–Trinajstić information content (AvgIpc) is 2.65. The van der Waals surface area contributed by atoms with Gasteiger partial charge >= 0.3 is 5.97 Å². The van der Waals surface area contributed by atoms with Crippen molar-refractivity contribution in [3.05, 3.63) is 12.2 Å². The Morgan fingerprint density at radius 3 is 2.25 bits per heavy atom. The SMILES string of the molecule is CC(C)C[C@H](NC(=O)CCN1C(=O)C=CC1=O)C(=O)O. The molecule has 1 heterocycles. The monoisotopic (exact) mass is 282 g/mol. The Morgan fingerprint density at radius 2 is 1.80 bits per heavy atom. The topological polar surface area (TPSA) is 104 Å². The van der Waals surface area contributed by atoms with Gasteiger partial charge in [-0.05, 0) is 12.3 Å². The van der Waals surface area contributed by atoms with Gasteiger partial charge in [-0.2, -0.15) is 0 Å². The quantitative estimate of drug-likeness (QED) is 0.635. The highest BCUT2D eigenvalue weighted by Crippen LogP contribution is 2.07. The van der Waals surface area contributed by atoms with Gasteiger partial charge in [0.2, 0.25) is 5.91 Å². The van der Waals surface area contributed by atoms with Crippen LogP contribution in [0.1, 0.15) is 26.7 Å². The third-order valence-electron chi connectivity index (χ3n) is 2.80. The molecule has 2 N–H and O–H groups in total. The molecule has 1 aliphatic rings. The number of rotatable bonds is 7. The first-order valence-electron chi connectivity index (χ1n) is 6.37. The number of hydrogen-bond acceptors (Lipinski definition) is 4. The number of carbonyl (C=O) groups is 4. The zero-order valence-electron chi connectivity index (χ0n) is 11.5.